The highest BCUT2D eigenvalue weighted by Gasteiger charge is 2.06. The molecule has 0 bridgehead atoms. The molecule has 1 aromatic carbocycles. The van der Waals surface area contributed by atoms with E-state index in [4.69, 9.17) is 5.11 Å². The van der Waals surface area contributed by atoms with Crippen LogP contribution >= 0.6 is 0 Å². The molecule has 0 radical (unpaired) electrons. The van der Waals surface area contributed by atoms with Gasteiger partial charge >= 0.3 is 0 Å². The van der Waals surface area contributed by atoms with Crippen molar-refractivity contribution < 1.29 is 5.11 Å². The third-order valence-corrected chi connectivity index (χ3v) is 3.64. The molecule has 5 nitrogen and oxygen atoms in total. The lowest BCUT2D eigenvalue weighted by molar-refractivity contribution is 0.218. The van der Waals surface area contributed by atoms with Gasteiger partial charge in [-0.05, 0) is 38.1 Å². The van der Waals surface area contributed by atoms with Crippen LogP contribution in [0.1, 0.15) is 12.8 Å². The first-order valence-electron chi connectivity index (χ1n) is 7.63. The van der Waals surface area contributed by atoms with E-state index in [1.54, 1.807) is 12.3 Å². The summed E-state index contributed by atoms with van der Waals surface area (Å²) in [6.45, 7) is 2.39. The van der Waals surface area contributed by atoms with E-state index >= 15 is 0 Å². The van der Waals surface area contributed by atoms with Gasteiger partial charge in [0.05, 0.1) is 12.2 Å². The van der Waals surface area contributed by atoms with Gasteiger partial charge in [0.1, 0.15) is 0 Å². The second-order valence-electron chi connectivity index (χ2n) is 5.37. The van der Waals surface area contributed by atoms with E-state index < -0.39 is 0 Å². The lowest BCUT2D eigenvalue weighted by Gasteiger charge is -2.14. The lowest BCUT2D eigenvalue weighted by atomic mass is 10.1. The topological polar surface area (TPSA) is 58.4 Å². The van der Waals surface area contributed by atoms with E-state index in [1.165, 1.54) is 4.68 Å². The number of likely N-dealkylation sites (N-methyl/N-ethyl adjacent to an activating group) is 1. The summed E-state index contributed by atoms with van der Waals surface area (Å²) in [5, 5.41) is 13.0. The van der Waals surface area contributed by atoms with Crippen molar-refractivity contribution in [1.29, 1.82) is 0 Å². The highest BCUT2D eigenvalue weighted by Crippen LogP contribution is 2.13. The van der Waals surface area contributed by atoms with Crippen LogP contribution in [0.25, 0.3) is 11.1 Å². The summed E-state index contributed by atoms with van der Waals surface area (Å²) in [7, 11) is 1.98. The van der Waals surface area contributed by atoms with Crippen molar-refractivity contribution in [3.63, 3.8) is 0 Å². The van der Waals surface area contributed by atoms with Crippen molar-refractivity contribution in [2.24, 2.45) is 0 Å². The fraction of sp³-hybridized carbons (Fsp3) is 0.412. The minimum atomic E-state index is -0.0441. The quantitative estimate of drug-likeness (QED) is 0.753. The normalized spacial score (nSPS) is 11.0. The van der Waals surface area contributed by atoms with E-state index in [0.717, 1.165) is 24.9 Å². The van der Waals surface area contributed by atoms with Gasteiger partial charge in [-0.15, -0.1) is 0 Å². The fourth-order valence-electron chi connectivity index (χ4n) is 2.37. The van der Waals surface area contributed by atoms with Gasteiger partial charge in [0.15, 0.2) is 0 Å². The molecule has 0 saturated heterocycles. The third-order valence-electron chi connectivity index (χ3n) is 3.64. The first kappa shape index (κ1) is 16.4. The molecular formula is C17H23N3O2. The van der Waals surface area contributed by atoms with Crippen molar-refractivity contribution in [2.75, 3.05) is 26.7 Å². The first-order chi connectivity index (χ1) is 10.7. The smallest absolute Gasteiger partial charge is 0.274 e. The predicted octanol–water partition coefficient (Wildman–Crippen LogP) is 1.61. The van der Waals surface area contributed by atoms with Crippen molar-refractivity contribution in [2.45, 2.75) is 19.4 Å². The largest absolute Gasteiger partial charge is 0.395 e. The van der Waals surface area contributed by atoms with Crippen LogP contribution in [-0.4, -0.2) is 46.5 Å². The number of aromatic nitrogens is 2. The number of hydrogen-bond acceptors (Lipinski definition) is 4. The molecule has 2 rings (SSSR count). The molecule has 0 atom stereocenters. The summed E-state index contributed by atoms with van der Waals surface area (Å²) in [4.78, 5) is 14.5. The Morgan fingerprint density at radius 2 is 1.91 bits per heavy atom. The van der Waals surface area contributed by atoms with Gasteiger partial charge < -0.3 is 10.0 Å². The van der Waals surface area contributed by atoms with Gasteiger partial charge in [-0.2, -0.15) is 5.10 Å². The highest BCUT2D eigenvalue weighted by molar-refractivity contribution is 5.61. The zero-order chi connectivity index (χ0) is 15.8. The summed E-state index contributed by atoms with van der Waals surface area (Å²) in [5.41, 5.74) is 1.57. The van der Waals surface area contributed by atoms with Gasteiger partial charge in [0, 0.05) is 19.3 Å². The molecule has 22 heavy (non-hydrogen) atoms. The average Bonchev–Trinajstić information content (AvgIpc) is 2.54. The molecule has 0 aliphatic heterocycles. The van der Waals surface area contributed by atoms with Crippen LogP contribution < -0.4 is 5.56 Å². The number of benzene rings is 1. The molecule has 1 aromatic heterocycles. The Morgan fingerprint density at radius 1 is 1.14 bits per heavy atom. The van der Waals surface area contributed by atoms with Crippen LogP contribution in [0, 0.1) is 0 Å². The Balaban J connectivity index is 1.97. The number of nitrogens with zero attached hydrogens (tertiary/aromatic N) is 3. The third kappa shape index (κ3) is 4.51. The van der Waals surface area contributed by atoms with Crippen molar-refractivity contribution >= 4 is 0 Å². The number of hydrogen-bond donors (Lipinski definition) is 1. The van der Waals surface area contributed by atoms with Gasteiger partial charge in [-0.25, -0.2) is 4.68 Å². The first-order valence-corrected chi connectivity index (χ1v) is 7.63. The maximum Gasteiger partial charge on any atom is 0.274 e. The Kier molecular flexibility index (Phi) is 6.30. The number of aliphatic hydroxyl groups is 1. The molecule has 0 fully saturated rings. The van der Waals surface area contributed by atoms with E-state index in [2.05, 4.69) is 10.00 Å². The summed E-state index contributed by atoms with van der Waals surface area (Å²) in [6, 6.07) is 11.4. The molecule has 1 N–H and O–H groups in total. The maximum atomic E-state index is 12.5. The van der Waals surface area contributed by atoms with Crippen LogP contribution in [-0.2, 0) is 6.54 Å². The van der Waals surface area contributed by atoms with Crippen LogP contribution in [0.15, 0.2) is 47.4 Å². The van der Waals surface area contributed by atoms with Gasteiger partial charge in [-0.1, -0.05) is 30.3 Å². The Bertz CT molecular complexity index is 625. The Morgan fingerprint density at radius 3 is 2.64 bits per heavy atom. The van der Waals surface area contributed by atoms with E-state index in [9.17, 15) is 4.79 Å². The zero-order valence-electron chi connectivity index (χ0n) is 13.0. The lowest BCUT2D eigenvalue weighted by Crippen LogP contribution is -2.26. The molecular weight excluding hydrogens is 278 g/mol. The average molecular weight is 301 g/mol. The number of unbranched alkanes of at least 4 members (excludes halogenated alkanes) is 1. The predicted molar refractivity (Wildman–Crippen MR) is 87.7 cm³/mol. The van der Waals surface area contributed by atoms with E-state index in [0.29, 0.717) is 18.7 Å². The number of aliphatic hydroxyl groups excluding tert-OH is 1. The van der Waals surface area contributed by atoms with Crippen molar-refractivity contribution in [1.82, 2.24) is 14.7 Å². The SMILES string of the molecule is CN(CCO)CCCCn1nccc(-c2ccccc2)c1=O. The number of aryl methyl sites for hydroxylation is 1. The molecule has 1 heterocycles. The monoisotopic (exact) mass is 301 g/mol. The van der Waals surface area contributed by atoms with Crippen LogP contribution in [0.2, 0.25) is 0 Å². The molecule has 2 aromatic rings. The van der Waals surface area contributed by atoms with Crippen LogP contribution in [0.3, 0.4) is 0 Å². The highest BCUT2D eigenvalue weighted by atomic mass is 16.3. The Hall–Kier alpha value is -1.98. The van der Waals surface area contributed by atoms with E-state index in [1.807, 2.05) is 37.4 Å². The molecule has 0 spiro atoms. The minimum absolute atomic E-state index is 0.0441. The molecule has 0 unspecified atom stereocenters. The van der Waals surface area contributed by atoms with Gasteiger partial charge in [0.25, 0.3) is 5.56 Å². The summed E-state index contributed by atoms with van der Waals surface area (Å²) >= 11 is 0. The summed E-state index contributed by atoms with van der Waals surface area (Å²) < 4.78 is 1.54. The van der Waals surface area contributed by atoms with Crippen molar-refractivity contribution in [3.8, 4) is 11.1 Å². The maximum absolute atomic E-state index is 12.5. The fourth-order valence-corrected chi connectivity index (χ4v) is 2.37. The minimum Gasteiger partial charge on any atom is -0.395 e. The molecule has 0 amide bonds. The van der Waals surface area contributed by atoms with Crippen LogP contribution in [0.4, 0.5) is 0 Å². The standard InChI is InChI=1S/C17H23N3O2/c1-19(13-14-21)11-5-6-12-20-17(22)16(9-10-18-20)15-7-3-2-4-8-15/h2-4,7-10,21H,5-6,11-14H2,1H3. The molecule has 0 aliphatic rings. The number of rotatable bonds is 8. The second-order valence-corrected chi connectivity index (χ2v) is 5.37. The second kappa shape index (κ2) is 8.46. The van der Waals surface area contributed by atoms with E-state index in [-0.39, 0.29) is 12.2 Å². The molecule has 0 saturated carbocycles. The van der Waals surface area contributed by atoms with Gasteiger partial charge in [0.2, 0.25) is 0 Å². The van der Waals surface area contributed by atoms with Crippen molar-refractivity contribution in [3.05, 3.63) is 52.9 Å². The zero-order valence-corrected chi connectivity index (χ0v) is 13.0. The van der Waals surface area contributed by atoms with Crippen LogP contribution in [0.5, 0.6) is 0 Å². The molecule has 5 heteroatoms. The van der Waals surface area contributed by atoms with Gasteiger partial charge in [-0.3, -0.25) is 4.79 Å². The summed E-state index contributed by atoms with van der Waals surface area (Å²) in [5.74, 6) is 0. The Labute approximate surface area is 130 Å². The summed E-state index contributed by atoms with van der Waals surface area (Å²) in [6.07, 6.45) is 3.54. The molecule has 118 valence electrons. The molecule has 0 aliphatic carbocycles.